The monoisotopic (exact) mass is 405 g/mol. The van der Waals surface area contributed by atoms with Crippen LogP contribution in [0.2, 0.25) is 5.02 Å². The minimum absolute atomic E-state index is 0.265. The molecule has 0 unspecified atom stereocenters. The Morgan fingerprint density at radius 3 is 2.71 bits per heavy atom. The van der Waals surface area contributed by atoms with Crippen LogP contribution in [0.4, 0.5) is 5.69 Å². The third-order valence-electron chi connectivity index (χ3n) is 4.39. The maximum absolute atomic E-state index is 12.7. The van der Waals surface area contributed by atoms with Crippen molar-refractivity contribution in [3.05, 3.63) is 71.2 Å². The summed E-state index contributed by atoms with van der Waals surface area (Å²) in [6.07, 6.45) is 0. The molecular weight excluding hydrogens is 394 g/mol. The van der Waals surface area contributed by atoms with Gasteiger partial charge in [-0.15, -0.1) is 0 Å². The minimum atomic E-state index is -0.265. The fourth-order valence-electron chi connectivity index (χ4n) is 2.98. The maximum Gasteiger partial charge on any atom is 0.255 e. The normalized spacial score (nSPS) is 11.2. The second-order valence-electron chi connectivity index (χ2n) is 6.22. The van der Waals surface area contributed by atoms with E-state index in [-0.39, 0.29) is 5.91 Å². The first-order valence-corrected chi connectivity index (χ1v) is 9.56. The number of imidazole rings is 1. The number of anilines is 1. The summed E-state index contributed by atoms with van der Waals surface area (Å²) in [5, 5.41) is 3.32. The van der Waals surface area contributed by atoms with Crippen molar-refractivity contribution in [3.8, 4) is 11.4 Å². The van der Waals surface area contributed by atoms with E-state index in [1.54, 1.807) is 30.3 Å². The van der Waals surface area contributed by atoms with E-state index >= 15 is 0 Å². The molecule has 8 heteroatoms. The van der Waals surface area contributed by atoms with Gasteiger partial charge in [-0.2, -0.15) is 8.75 Å². The van der Waals surface area contributed by atoms with Crippen LogP contribution in [0.15, 0.2) is 60.7 Å². The zero-order chi connectivity index (χ0) is 19.1. The van der Waals surface area contributed by atoms with Gasteiger partial charge in [-0.05, 0) is 48.5 Å². The lowest BCUT2D eigenvalue weighted by molar-refractivity contribution is 0.102. The third kappa shape index (κ3) is 3.00. The summed E-state index contributed by atoms with van der Waals surface area (Å²) in [5.74, 6) is 0.446. The molecule has 2 N–H and O–H groups in total. The highest BCUT2D eigenvalue weighted by Gasteiger charge is 2.13. The molecular formula is C20H12ClN5OS. The highest BCUT2D eigenvalue weighted by atomic mass is 35.5. The maximum atomic E-state index is 12.7. The Morgan fingerprint density at radius 1 is 0.964 bits per heavy atom. The summed E-state index contributed by atoms with van der Waals surface area (Å²) < 4.78 is 8.32. The van der Waals surface area contributed by atoms with Gasteiger partial charge in [0.15, 0.2) is 0 Å². The van der Waals surface area contributed by atoms with Crippen LogP contribution in [0.1, 0.15) is 10.4 Å². The Hall–Kier alpha value is -3.29. The number of hydrogen-bond acceptors (Lipinski definition) is 5. The molecule has 0 fully saturated rings. The number of nitrogens with one attached hydrogen (secondary N) is 2. The van der Waals surface area contributed by atoms with Crippen molar-refractivity contribution >= 4 is 57.0 Å². The first-order valence-electron chi connectivity index (χ1n) is 8.46. The van der Waals surface area contributed by atoms with Crippen LogP contribution >= 0.6 is 23.3 Å². The van der Waals surface area contributed by atoms with Crippen molar-refractivity contribution in [2.24, 2.45) is 0 Å². The fourth-order valence-corrected chi connectivity index (χ4v) is 3.66. The van der Waals surface area contributed by atoms with Crippen LogP contribution in [0.5, 0.6) is 0 Å². The van der Waals surface area contributed by atoms with Crippen LogP contribution in [0.25, 0.3) is 33.5 Å². The molecule has 0 spiro atoms. The molecule has 0 bridgehead atoms. The molecule has 5 rings (SSSR count). The SMILES string of the molecule is O=C(Nc1cc(-c2nc3ccccc3[nH]2)ccc1Cl)c1ccc2nsnc2c1. The van der Waals surface area contributed by atoms with Crippen molar-refractivity contribution in [2.45, 2.75) is 0 Å². The second-order valence-corrected chi connectivity index (χ2v) is 7.15. The Kier molecular flexibility index (Phi) is 4.03. The molecule has 2 aromatic heterocycles. The van der Waals surface area contributed by atoms with Gasteiger partial charge < -0.3 is 10.3 Å². The van der Waals surface area contributed by atoms with Crippen molar-refractivity contribution in [2.75, 3.05) is 5.32 Å². The molecule has 136 valence electrons. The van der Waals surface area contributed by atoms with E-state index in [9.17, 15) is 4.79 Å². The number of amides is 1. The number of H-pyrrole nitrogens is 1. The molecule has 5 aromatic rings. The highest BCUT2D eigenvalue weighted by molar-refractivity contribution is 7.00. The number of aromatic nitrogens is 4. The summed E-state index contributed by atoms with van der Waals surface area (Å²) in [6, 6.07) is 18.4. The first-order chi connectivity index (χ1) is 13.7. The predicted molar refractivity (Wildman–Crippen MR) is 112 cm³/mol. The number of para-hydroxylation sites is 2. The highest BCUT2D eigenvalue weighted by Crippen LogP contribution is 2.29. The van der Waals surface area contributed by atoms with Crippen molar-refractivity contribution < 1.29 is 4.79 Å². The van der Waals surface area contributed by atoms with Gasteiger partial charge in [0.1, 0.15) is 16.9 Å². The Bertz CT molecular complexity index is 1310. The number of benzene rings is 3. The summed E-state index contributed by atoms with van der Waals surface area (Å²) >= 11 is 7.42. The largest absolute Gasteiger partial charge is 0.338 e. The predicted octanol–water partition coefficient (Wildman–Crippen LogP) is 5.14. The van der Waals surface area contributed by atoms with Gasteiger partial charge in [0, 0.05) is 11.1 Å². The molecule has 28 heavy (non-hydrogen) atoms. The lowest BCUT2D eigenvalue weighted by Crippen LogP contribution is -2.12. The molecule has 6 nitrogen and oxygen atoms in total. The van der Waals surface area contributed by atoms with E-state index in [4.69, 9.17) is 11.6 Å². The lowest BCUT2D eigenvalue weighted by Gasteiger charge is -2.09. The first kappa shape index (κ1) is 16.9. The standard InChI is InChI=1S/C20H12ClN5OS/c21-13-7-5-11(19-22-14-3-1-2-4-15(14)23-19)9-17(13)24-20(27)12-6-8-16-18(10-12)26-28-25-16/h1-10H,(H,22,23)(H,24,27). The van der Waals surface area contributed by atoms with Crippen LogP contribution < -0.4 is 5.32 Å². The van der Waals surface area contributed by atoms with Crippen molar-refractivity contribution in [1.82, 2.24) is 18.7 Å². The third-order valence-corrected chi connectivity index (χ3v) is 5.28. The number of hydrogen-bond donors (Lipinski definition) is 2. The number of fused-ring (bicyclic) bond motifs is 2. The van der Waals surface area contributed by atoms with E-state index in [2.05, 4.69) is 24.0 Å². The van der Waals surface area contributed by atoms with E-state index < -0.39 is 0 Å². The summed E-state index contributed by atoms with van der Waals surface area (Å²) in [6.45, 7) is 0. The van der Waals surface area contributed by atoms with Gasteiger partial charge in [-0.25, -0.2) is 4.98 Å². The van der Waals surface area contributed by atoms with Gasteiger partial charge >= 0.3 is 0 Å². The Morgan fingerprint density at radius 2 is 1.82 bits per heavy atom. The fraction of sp³-hybridized carbons (Fsp3) is 0. The van der Waals surface area contributed by atoms with Crippen molar-refractivity contribution in [3.63, 3.8) is 0 Å². The number of rotatable bonds is 3. The molecule has 3 aromatic carbocycles. The van der Waals surface area contributed by atoms with Crippen LogP contribution in [0, 0.1) is 0 Å². The molecule has 0 saturated heterocycles. The van der Waals surface area contributed by atoms with E-state index in [1.807, 2.05) is 30.3 Å². The topological polar surface area (TPSA) is 83.6 Å². The number of carbonyl (C=O) groups excluding carboxylic acids is 1. The van der Waals surface area contributed by atoms with Crippen molar-refractivity contribution in [1.29, 1.82) is 0 Å². The average molecular weight is 406 g/mol. The van der Waals surface area contributed by atoms with Crippen LogP contribution in [-0.4, -0.2) is 24.6 Å². The lowest BCUT2D eigenvalue weighted by atomic mass is 10.1. The zero-order valence-electron chi connectivity index (χ0n) is 14.3. The minimum Gasteiger partial charge on any atom is -0.338 e. The quantitative estimate of drug-likeness (QED) is 0.435. The van der Waals surface area contributed by atoms with E-state index in [0.29, 0.717) is 27.6 Å². The van der Waals surface area contributed by atoms with Gasteiger partial charge in [0.25, 0.3) is 5.91 Å². The summed E-state index contributed by atoms with van der Waals surface area (Å²) in [4.78, 5) is 20.6. The molecule has 0 atom stereocenters. The summed E-state index contributed by atoms with van der Waals surface area (Å²) in [5.41, 5.74) is 5.12. The molecule has 0 radical (unpaired) electrons. The van der Waals surface area contributed by atoms with Gasteiger partial charge in [-0.3, -0.25) is 4.79 Å². The molecule has 2 heterocycles. The van der Waals surface area contributed by atoms with Gasteiger partial charge in [-0.1, -0.05) is 23.7 Å². The average Bonchev–Trinajstić information content (AvgIpc) is 3.35. The van der Waals surface area contributed by atoms with Crippen LogP contribution in [0.3, 0.4) is 0 Å². The molecule has 0 aliphatic carbocycles. The molecule has 0 aliphatic heterocycles. The number of halogens is 1. The molecule has 0 aliphatic rings. The molecule has 1 amide bonds. The number of aromatic amines is 1. The smallest absolute Gasteiger partial charge is 0.255 e. The Balaban J connectivity index is 1.47. The zero-order valence-corrected chi connectivity index (χ0v) is 15.9. The number of carbonyl (C=O) groups is 1. The summed E-state index contributed by atoms with van der Waals surface area (Å²) in [7, 11) is 0. The Labute approximate surface area is 168 Å². The van der Waals surface area contributed by atoms with Crippen LogP contribution in [-0.2, 0) is 0 Å². The van der Waals surface area contributed by atoms with Gasteiger partial charge in [0.05, 0.1) is 33.5 Å². The van der Waals surface area contributed by atoms with E-state index in [1.165, 1.54) is 0 Å². The van der Waals surface area contributed by atoms with Gasteiger partial charge in [0.2, 0.25) is 0 Å². The molecule has 0 saturated carbocycles. The number of nitrogens with zero attached hydrogens (tertiary/aromatic N) is 3. The van der Waals surface area contributed by atoms with E-state index in [0.717, 1.165) is 33.8 Å². The second kappa shape index (κ2) is 6.70.